The van der Waals surface area contributed by atoms with Gasteiger partial charge in [-0.1, -0.05) is 19.4 Å². The standard InChI is InChI=1S/C22H27FN2O3S/c1-2-5-19(22(27)25-11-9-20-16(15-25)10-13-29-20)24-21(26)8-4-12-28-18-7-3-6-17(23)14-18/h3,6-7,10,13-14,19H,2,4-5,8-9,11-12,15H2,1H3,(H,24,26). The van der Waals surface area contributed by atoms with Crippen molar-refractivity contribution in [1.82, 2.24) is 10.2 Å². The number of carbonyl (C=O) groups excluding carboxylic acids is 2. The van der Waals surface area contributed by atoms with Crippen molar-refractivity contribution < 1.29 is 18.7 Å². The summed E-state index contributed by atoms with van der Waals surface area (Å²) in [6, 6.07) is 7.51. The zero-order valence-corrected chi connectivity index (χ0v) is 17.5. The molecule has 1 aromatic carbocycles. The highest BCUT2D eigenvalue weighted by Gasteiger charge is 2.28. The van der Waals surface area contributed by atoms with Gasteiger partial charge in [0.2, 0.25) is 11.8 Å². The van der Waals surface area contributed by atoms with Crippen molar-refractivity contribution in [3.05, 3.63) is 52.0 Å². The van der Waals surface area contributed by atoms with Gasteiger partial charge >= 0.3 is 0 Å². The van der Waals surface area contributed by atoms with Crippen LogP contribution in [-0.2, 0) is 22.6 Å². The molecule has 1 N–H and O–H groups in total. The minimum atomic E-state index is -0.489. The SMILES string of the molecule is CCCC(NC(=O)CCCOc1cccc(F)c1)C(=O)N1CCc2sccc2C1. The quantitative estimate of drug-likeness (QED) is 0.628. The van der Waals surface area contributed by atoms with Crippen molar-refractivity contribution in [2.45, 2.75) is 51.6 Å². The van der Waals surface area contributed by atoms with Crippen LogP contribution in [0.4, 0.5) is 4.39 Å². The molecule has 1 aromatic heterocycles. The highest BCUT2D eigenvalue weighted by molar-refractivity contribution is 7.10. The van der Waals surface area contributed by atoms with Crippen LogP contribution in [0.25, 0.3) is 0 Å². The number of benzene rings is 1. The Hall–Kier alpha value is -2.41. The molecule has 0 saturated carbocycles. The number of nitrogens with one attached hydrogen (secondary N) is 1. The van der Waals surface area contributed by atoms with Gasteiger partial charge in [-0.2, -0.15) is 0 Å². The summed E-state index contributed by atoms with van der Waals surface area (Å²) in [5.74, 6) is -0.0725. The van der Waals surface area contributed by atoms with Crippen LogP contribution in [-0.4, -0.2) is 35.9 Å². The highest BCUT2D eigenvalue weighted by atomic mass is 32.1. The number of halogens is 1. The number of ether oxygens (including phenoxy) is 1. The Morgan fingerprint density at radius 3 is 3.00 bits per heavy atom. The van der Waals surface area contributed by atoms with Crippen LogP contribution in [0, 0.1) is 5.82 Å². The first-order valence-electron chi connectivity index (χ1n) is 10.1. The second-order valence-electron chi connectivity index (χ2n) is 7.20. The number of carbonyl (C=O) groups is 2. The summed E-state index contributed by atoms with van der Waals surface area (Å²) in [4.78, 5) is 28.5. The lowest BCUT2D eigenvalue weighted by atomic mass is 10.1. The minimum Gasteiger partial charge on any atom is -0.493 e. The highest BCUT2D eigenvalue weighted by Crippen LogP contribution is 2.24. The van der Waals surface area contributed by atoms with Crippen LogP contribution in [0.3, 0.4) is 0 Å². The van der Waals surface area contributed by atoms with E-state index < -0.39 is 6.04 Å². The van der Waals surface area contributed by atoms with Gasteiger partial charge in [0.15, 0.2) is 0 Å². The van der Waals surface area contributed by atoms with Crippen molar-refractivity contribution >= 4 is 23.2 Å². The second kappa shape index (κ2) is 10.4. The molecule has 0 bridgehead atoms. The second-order valence-corrected chi connectivity index (χ2v) is 8.20. The molecule has 29 heavy (non-hydrogen) atoms. The Labute approximate surface area is 174 Å². The zero-order valence-electron chi connectivity index (χ0n) is 16.7. The lowest BCUT2D eigenvalue weighted by molar-refractivity contribution is -0.137. The van der Waals surface area contributed by atoms with Crippen LogP contribution < -0.4 is 10.1 Å². The fourth-order valence-corrected chi connectivity index (χ4v) is 4.34. The summed E-state index contributed by atoms with van der Waals surface area (Å²) in [5, 5.41) is 4.96. The molecule has 156 valence electrons. The first-order chi connectivity index (χ1) is 14.1. The molecular formula is C22H27FN2O3S. The van der Waals surface area contributed by atoms with Crippen LogP contribution in [0.15, 0.2) is 35.7 Å². The van der Waals surface area contributed by atoms with Gasteiger partial charge in [-0.05, 0) is 48.4 Å². The molecule has 0 radical (unpaired) electrons. The van der Waals surface area contributed by atoms with Gasteiger partial charge in [0, 0.05) is 30.5 Å². The fraction of sp³-hybridized carbons (Fsp3) is 0.455. The van der Waals surface area contributed by atoms with E-state index in [4.69, 9.17) is 4.74 Å². The van der Waals surface area contributed by atoms with Gasteiger partial charge in [0.1, 0.15) is 17.6 Å². The summed E-state index contributed by atoms with van der Waals surface area (Å²) in [7, 11) is 0. The van der Waals surface area contributed by atoms with E-state index in [0.29, 0.717) is 38.3 Å². The molecule has 0 spiro atoms. The van der Waals surface area contributed by atoms with Crippen molar-refractivity contribution in [2.24, 2.45) is 0 Å². The Morgan fingerprint density at radius 1 is 1.34 bits per heavy atom. The third kappa shape index (κ3) is 6.03. The van der Waals surface area contributed by atoms with Crippen LogP contribution >= 0.6 is 11.3 Å². The van der Waals surface area contributed by atoms with E-state index in [9.17, 15) is 14.0 Å². The van der Waals surface area contributed by atoms with Gasteiger partial charge in [-0.15, -0.1) is 11.3 Å². The summed E-state index contributed by atoms with van der Waals surface area (Å²) in [6.07, 6.45) is 3.08. The Balaban J connectivity index is 1.45. The molecule has 1 aliphatic rings. The molecule has 5 nitrogen and oxygen atoms in total. The van der Waals surface area contributed by atoms with Gasteiger partial charge in [-0.25, -0.2) is 4.39 Å². The van der Waals surface area contributed by atoms with E-state index in [2.05, 4.69) is 16.8 Å². The molecule has 2 amide bonds. The van der Waals surface area contributed by atoms with E-state index >= 15 is 0 Å². The first kappa shape index (κ1) is 21.3. The number of nitrogens with zero attached hydrogens (tertiary/aromatic N) is 1. The summed E-state index contributed by atoms with van der Waals surface area (Å²) < 4.78 is 18.6. The van der Waals surface area contributed by atoms with Gasteiger partial charge < -0.3 is 15.0 Å². The van der Waals surface area contributed by atoms with E-state index in [0.717, 1.165) is 12.8 Å². The fourth-order valence-electron chi connectivity index (χ4n) is 3.45. The Bertz CT molecular complexity index is 839. The van der Waals surface area contributed by atoms with E-state index in [1.807, 2.05) is 11.8 Å². The maximum atomic E-state index is 13.1. The summed E-state index contributed by atoms with van der Waals surface area (Å²) in [6.45, 7) is 3.64. The number of rotatable bonds is 9. The van der Waals surface area contributed by atoms with Crippen LogP contribution in [0.1, 0.15) is 43.0 Å². The molecule has 0 fully saturated rings. The average molecular weight is 419 g/mol. The zero-order chi connectivity index (χ0) is 20.6. The monoisotopic (exact) mass is 418 g/mol. The third-order valence-corrected chi connectivity index (χ3v) is 5.97. The number of thiophene rings is 1. The molecule has 1 unspecified atom stereocenters. The predicted molar refractivity (Wildman–Crippen MR) is 111 cm³/mol. The summed E-state index contributed by atoms with van der Waals surface area (Å²) >= 11 is 1.74. The Kier molecular flexibility index (Phi) is 7.63. The van der Waals surface area contributed by atoms with Gasteiger partial charge in [0.25, 0.3) is 0 Å². The topological polar surface area (TPSA) is 58.6 Å². The molecule has 2 heterocycles. The molecule has 2 aromatic rings. The molecule has 7 heteroatoms. The lowest BCUT2D eigenvalue weighted by Gasteiger charge is -2.31. The molecule has 1 atom stereocenters. The maximum Gasteiger partial charge on any atom is 0.245 e. The molecular weight excluding hydrogens is 391 g/mol. The van der Waals surface area contributed by atoms with Crippen LogP contribution in [0.2, 0.25) is 0 Å². The summed E-state index contributed by atoms with van der Waals surface area (Å²) in [5.41, 5.74) is 1.21. The number of fused-ring (bicyclic) bond motifs is 1. The smallest absolute Gasteiger partial charge is 0.245 e. The number of hydrogen-bond acceptors (Lipinski definition) is 4. The molecule has 0 aliphatic carbocycles. The number of amides is 2. The first-order valence-corrected chi connectivity index (χ1v) is 11.0. The third-order valence-electron chi connectivity index (χ3n) is 4.94. The van der Waals surface area contributed by atoms with Crippen LogP contribution in [0.5, 0.6) is 5.75 Å². The molecule has 0 saturated heterocycles. The Morgan fingerprint density at radius 2 is 2.21 bits per heavy atom. The molecule has 1 aliphatic heterocycles. The van der Waals surface area contributed by atoms with Crippen molar-refractivity contribution in [1.29, 1.82) is 0 Å². The largest absolute Gasteiger partial charge is 0.493 e. The van der Waals surface area contributed by atoms with E-state index in [-0.39, 0.29) is 24.1 Å². The predicted octanol–water partition coefficient (Wildman–Crippen LogP) is 3.92. The minimum absolute atomic E-state index is 0.00643. The van der Waals surface area contributed by atoms with Crippen molar-refractivity contribution in [3.63, 3.8) is 0 Å². The number of hydrogen-bond donors (Lipinski definition) is 1. The van der Waals surface area contributed by atoms with Gasteiger partial charge in [-0.3, -0.25) is 9.59 Å². The maximum absolute atomic E-state index is 13.1. The normalized spacial score (nSPS) is 14.2. The average Bonchev–Trinajstić information content (AvgIpc) is 3.18. The van der Waals surface area contributed by atoms with Crippen molar-refractivity contribution in [3.8, 4) is 5.75 Å². The lowest BCUT2D eigenvalue weighted by Crippen LogP contribution is -2.49. The molecule has 3 rings (SSSR count). The van der Waals surface area contributed by atoms with E-state index in [1.165, 1.54) is 22.6 Å². The van der Waals surface area contributed by atoms with E-state index in [1.54, 1.807) is 23.5 Å². The van der Waals surface area contributed by atoms with Gasteiger partial charge in [0.05, 0.1) is 6.61 Å². The van der Waals surface area contributed by atoms with Crippen molar-refractivity contribution in [2.75, 3.05) is 13.2 Å².